The Balaban J connectivity index is 1.36. The van der Waals surface area contributed by atoms with Crippen LogP contribution in [0.5, 0.6) is 0 Å². The van der Waals surface area contributed by atoms with Gasteiger partial charge in [0.05, 0.1) is 11.4 Å². The topological polar surface area (TPSA) is 60.9 Å². The standard InChI is InChI=1S/C22H27N3O3S/c1-23(20-8-3-2-4-9-20)22(26)17-24-12-14-25(15-13-24)29(27,28)21-11-10-18-6-5-7-19(18)16-21/h2-4,8-11,16H,5-7,12-15,17H2,1H3. The number of likely N-dealkylation sites (N-methyl/N-ethyl adjacent to an activating group) is 1. The van der Waals surface area contributed by atoms with E-state index in [1.54, 1.807) is 22.3 Å². The third-order valence-corrected chi connectivity index (χ3v) is 7.81. The molecule has 2 aromatic carbocycles. The highest BCUT2D eigenvalue weighted by Crippen LogP contribution is 2.26. The molecule has 0 N–H and O–H groups in total. The van der Waals surface area contributed by atoms with Gasteiger partial charge in [-0.2, -0.15) is 4.31 Å². The van der Waals surface area contributed by atoms with E-state index in [9.17, 15) is 13.2 Å². The van der Waals surface area contributed by atoms with Crippen LogP contribution in [-0.4, -0.2) is 63.3 Å². The molecule has 2 aromatic rings. The largest absolute Gasteiger partial charge is 0.314 e. The lowest BCUT2D eigenvalue weighted by atomic mass is 10.1. The van der Waals surface area contributed by atoms with Gasteiger partial charge in [0, 0.05) is 38.9 Å². The Morgan fingerprint density at radius 3 is 2.38 bits per heavy atom. The number of carbonyl (C=O) groups is 1. The molecule has 0 spiro atoms. The number of sulfonamides is 1. The van der Waals surface area contributed by atoms with E-state index in [1.807, 2.05) is 47.4 Å². The van der Waals surface area contributed by atoms with Crippen molar-refractivity contribution in [3.8, 4) is 0 Å². The minimum atomic E-state index is -3.48. The first kappa shape index (κ1) is 20.1. The molecule has 1 amide bonds. The van der Waals surface area contributed by atoms with Crippen LogP contribution in [0.15, 0.2) is 53.4 Å². The van der Waals surface area contributed by atoms with Crippen molar-refractivity contribution in [1.82, 2.24) is 9.21 Å². The third kappa shape index (κ3) is 4.22. The maximum absolute atomic E-state index is 13.0. The number of anilines is 1. The van der Waals surface area contributed by atoms with Gasteiger partial charge in [0.25, 0.3) is 0 Å². The van der Waals surface area contributed by atoms with E-state index in [4.69, 9.17) is 0 Å². The molecule has 4 rings (SSSR count). The lowest BCUT2D eigenvalue weighted by molar-refractivity contribution is -0.119. The molecular weight excluding hydrogens is 386 g/mol. The maximum atomic E-state index is 13.0. The maximum Gasteiger partial charge on any atom is 0.243 e. The lowest BCUT2D eigenvalue weighted by Crippen LogP contribution is -2.51. The molecule has 1 aliphatic carbocycles. The van der Waals surface area contributed by atoms with Crippen molar-refractivity contribution in [1.29, 1.82) is 0 Å². The van der Waals surface area contributed by atoms with E-state index in [0.717, 1.165) is 24.9 Å². The SMILES string of the molecule is CN(C(=O)CN1CCN(S(=O)(=O)c2ccc3c(c2)CCC3)CC1)c1ccccc1. The van der Waals surface area contributed by atoms with Crippen molar-refractivity contribution in [3.63, 3.8) is 0 Å². The van der Waals surface area contributed by atoms with Gasteiger partial charge < -0.3 is 4.90 Å². The number of rotatable bonds is 5. The quantitative estimate of drug-likeness (QED) is 0.754. The van der Waals surface area contributed by atoms with Crippen LogP contribution >= 0.6 is 0 Å². The summed E-state index contributed by atoms with van der Waals surface area (Å²) in [5.41, 5.74) is 3.30. The summed E-state index contributed by atoms with van der Waals surface area (Å²) in [5, 5.41) is 0. The predicted octanol–water partition coefficient (Wildman–Crippen LogP) is 2.14. The summed E-state index contributed by atoms with van der Waals surface area (Å²) in [6, 6.07) is 15.1. The fourth-order valence-corrected chi connectivity index (χ4v) is 5.55. The predicted molar refractivity (Wildman–Crippen MR) is 114 cm³/mol. The van der Waals surface area contributed by atoms with E-state index in [1.165, 1.54) is 11.1 Å². The average Bonchev–Trinajstić information content (AvgIpc) is 3.22. The second kappa shape index (κ2) is 8.26. The Hall–Kier alpha value is -2.22. The Morgan fingerprint density at radius 1 is 0.966 bits per heavy atom. The molecule has 0 unspecified atom stereocenters. The first-order valence-electron chi connectivity index (χ1n) is 10.1. The summed E-state index contributed by atoms with van der Waals surface area (Å²) < 4.78 is 27.6. The number of aryl methyl sites for hydroxylation is 2. The first-order valence-corrected chi connectivity index (χ1v) is 11.5. The van der Waals surface area contributed by atoms with Gasteiger partial charge >= 0.3 is 0 Å². The fraction of sp³-hybridized carbons (Fsp3) is 0.409. The monoisotopic (exact) mass is 413 g/mol. The smallest absolute Gasteiger partial charge is 0.243 e. The van der Waals surface area contributed by atoms with E-state index in [2.05, 4.69) is 0 Å². The molecule has 1 heterocycles. The molecule has 0 bridgehead atoms. The van der Waals surface area contributed by atoms with Crippen molar-refractivity contribution >= 4 is 21.6 Å². The number of hydrogen-bond donors (Lipinski definition) is 0. The molecule has 0 saturated carbocycles. The molecule has 7 heteroatoms. The van der Waals surface area contributed by atoms with E-state index in [0.29, 0.717) is 31.1 Å². The van der Waals surface area contributed by atoms with Crippen LogP contribution in [0, 0.1) is 0 Å². The van der Waals surface area contributed by atoms with Gasteiger partial charge in [-0.25, -0.2) is 8.42 Å². The highest BCUT2D eigenvalue weighted by molar-refractivity contribution is 7.89. The van der Waals surface area contributed by atoms with Crippen molar-refractivity contribution in [2.45, 2.75) is 24.2 Å². The summed E-state index contributed by atoms with van der Waals surface area (Å²) in [6.45, 7) is 2.21. The number of nitrogens with zero attached hydrogens (tertiary/aromatic N) is 3. The molecule has 1 aliphatic heterocycles. The van der Waals surface area contributed by atoms with Crippen molar-refractivity contribution < 1.29 is 13.2 Å². The molecule has 0 aromatic heterocycles. The van der Waals surface area contributed by atoms with Crippen LogP contribution in [-0.2, 0) is 27.7 Å². The third-order valence-electron chi connectivity index (χ3n) is 5.92. The van der Waals surface area contributed by atoms with Crippen LogP contribution in [0.1, 0.15) is 17.5 Å². The molecule has 154 valence electrons. The highest BCUT2D eigenvalue weighted by atomic mass is 32.2. The number of benzene rings is 2. The molecule has 1 fully saturated rings. The minimum Gasteiger partial charge on any atom is -0.314 e. The first-order chi connectivity index (χ1) is 13.9. The molecule has 0 radical (unpaired) electrons. The second-order valence-corrected chi connectivity index (χ2v) is 9.69. The van der Waals surface area contributed by atoms with E-state index < -0.39 is 10.0 Å². The fourth-order valence-electron chi connectivity index (χ4n) is 4.08. The van der Waals surface area contributed by atoms with E-state index >= 15 is 0 Å². The average molecular weight is 414 g/mol. The number of piperazine rings is 1. The van der Waals surface area contributed by atoms with Crippen molar-refractivity contribution in [3.05, 3.63) is 59.7 Å². The number of para-hydroxylation sites is 1. The zero-order valence-corrected chi connectivity index (χ0v) is 17.6. The molecule has 1 saturated heterocycles. The Kier molecular flexibility index (Phi) is 5.72. The van der Waals surface area contributed by atoms with Gasteiger partial charge in [0.1, 0.15) is 0 Å². The molecule has 2 aliphatic rings. The number of fused-ring (bicyclic) bond motifs is 1. The van der Waals surface area contributed by atoms with Gasteiger partial charge in [-0.15, -0.1) is 0 Å². The summed E-state index contributed by atoms with van der Waals surface area (Å²) >= 11 is 0. The summed E-state index contributed by atoms with van der Waals surface area (Å²) in [4.78, 5) is 16.6. The summed E-state index contributed by atoms with van der Waals surface area (Å²) in [5.74, 6) is 0.00568. The van der Waals surface area contributed by atoms with Crippen molar-refractivity contribution in [2.24, 2.45) is 0 Å². The lowest BCUT2D eigenvalue weighted by Gasteiger charge is -2.34. The zero-order chi connectivity index (χ0) is 20.4. The van der Waals surface area contributed by atoms with Crippen LogP contribution in [0.2, 0.25) is 0 Å². The molecular formula is C22H27N3O3S. The Labute approximate surface area is 172 Å². The highest BCUT2D eigenvalue weighted by Gasteiger charge is 2.30. The number of carbonyl (C=O) groups excluding carboxylic acids is 1. The zero-order valence-electron chi connectivity index (χ0n) is 16.8. The number of hydrogen-bond acceptors (Lipinski definition) is 4. The van der Waals surface area contributed by atoms with Gasteiger partial charge in [-0.1, -0.05) is 24.3 Å². The Bertz CT molecular complexity index is 984. The normalized spacial score (nSPS) is 17.8. The van der Waals surface area contributed by atoms with Gasteiger partial charge in [-0.05, 0) is 54.7 Å². The minimum absolute atomic E-state index is 0.00568. The van der Waals surface area contributed by atoms with Crippen molar-refractivity contribution in [2.75, 3.05) is 44.7 Å². The molecule has 6 nitrogen and oxygen atoms in total. The van der Waals surface area contributed by atoms with Crippen LogP contribution < -0.4 is 4.90 Å². The summed E-state index contributed by atoms with van der Waals surface area (Å²) in [7, 11) is -1.71. The van der Waals surface area contributed by atoms with Gasteiger partial charge in [-0.3, -0.25) is 9.69 Å². The van der Waals surface area contributed by atoms with Gasteiger partial charge in [0.15, 0.2) is 0 Å². The number of amides is 1. The van der Waals surface area contributed by atoms with Crippen LogP contribution in [0.3, 0.4) is 0 Å². The Morgan fingerprint density at radius 2 is 1.66 bits per heavy atom. The molecule has 29 heavy (non-hydrogen) atoms. The second-order valence-electron chi connectivity index (χ2n) is 7.75. The molecule has 0 atom stereocenters. The summed E-state index contributed by atoms with van der Waals surface area (Å²) in [6.07, 6.45) is 3.10. The van der Waals surface area contributed by atoms with Gasteiger partial charge in [0.2, 0.25) is 15.9 Å². The van der Waals surface area contributed by atoms with Crippen LogP contribution in [0.4, 0.5) is 5.69 Å². The van der Waals surface area contributed by atoms with Crippen LogP contribution in [0.25, 0.3) is 0 Å². The van der Waals surface area contributed by atoms with E-state index in [-0.39, 0.29) is 12.5 Å².